The summed E-state index contributed by atoms with van der Waals surface area (Å²) in [5.41, 5.74) is 1.03. The molecular weight excluding hydrogens is 306 g/mol. The molecule has 2 nitrogen and oxygen atoms in total. The fourth-order valence-electron chi connectivity index (χ4n) is 9.40. The molecule has 2 heteroatoms. The van der Waals surface area contributed by atoms with Gasteiger partial charge in [-0.15, -0.1) is 0 Å². The first kappa shape index (κ1) is 16.6. The van der Waals surface area contributed by atoms with Gasteiger partial charge in [0.1, 0.15) is 0 Å². The van der Waals surface area contributed by atoms with E-state index < -0.39 is 0 Å². The van der Waals surface area contributed by atoms with Gasteiger partial charge >= 0.3 is 0 Å². The van der Waals surface area contributed by atoms with E-state index >= 15 is 0 Å². The highest BCUT2D eigenvalue weighted by Crippen LogP contribution is 2.81. The molecule has 9 unspecified atom stereocenters. The van der Waals surface area contributed by atoms with E-state index in [4.69, 9.17) is 0 Å². The second-order valence-electron chi connectivity index (χ2n) is 10.7. The van der Waals surface area contributed by atoms with Crippen molar-refractivity contribution in [3.63, 3.8) is 0 Å². The molecule has 5 aliphatic carbocycles. The molecule has 0 aromatic rings. The summed E-state index contributed by atoms with van der Waals surface area (Å²) in [6.07, 6.45) is 12.8. The van der Waals surface area contributed by atoms with Gasteiger partial charge in [-0.25, -0.2) is 0 Å². The molecule has 0 aliphatic heterocycles. The van der Waals surface area contributed by atoms with Gasteiger partial charge in [0.2, 0.25) is 0 Å². The molecule has 5 saturated carbocycles. The third-order valence-electron chi connectivity index (χ3n) is 10.2. The van der Waals surface area contributed by atoms with E-state index in [1.165, 1.54) is 51.4 Å². The average Bonchev–Trinajstić information content (AvgIpc) is 3.06. The highest BCUT2D eigenvalue weighted by molar-refractivity contribution is 5.24. The van der Waals surface area contributed by atoms with E-state index in [0.29, 0.717) is 22.7 Å². The Morgan fingerprint density at radius 3 is 2.68 bits per heavy atom. The maximum absolute atomic E-state index is 11.2. The van der Waals surface area contributed by atoms with Crippen LogP contribution in [-0.2, 0) is 0 Å². The molecule has 1 N–H and O–H groups in total. The van der Waals surface area contributed by atoms with E-state index in [-0.39, 0.29) is 6.10 Å². The van der Waals surface area contributed by atoms with E-state index in [1.807, 2.05) is 0 Å². The smallest absolute Gasteiger partial charge is 0.0624 e. The van der Waals surface area contributed by atoms with Crippen LogP contribution >= 0.6 is 0 Å². The molecule has 0 amide bonds. The normalized spacial score (nSPS) is 57.4. The third-order valence-corrected chi connectivity index (χ3v) is 10.2. The van der Waals surface area contributed by atoms with Crippen LogP contribution in [0.25, 0.3) is 0 Å². The van der Waals surface area contributed by atoms with Crippen LogP contribution in [0.4, 0.5) is 0 Å². The van der Waals surface area contributed by atoms with Gasteiger partial charge < -0.3 is 5.11 Å². The zero-order chi connectivity index (χ0) is 17.4. The van der Waals surface area contributed by atoms with Crippen molar-refractivity contribution >= 4 is 0 Å². The lowest BCUT2D eigenvalue weighted by atomic mass is 9.45. The molecule has 0 heterocycles. The van der Waals surface area contributed by atoms with E-state index in [1.54, 1.807) is 0 Å². The second-order valence-corrected chi connectivity index (χ2v) is 10.7. The molecule has 5 fully saturated rings. The molecule has 138 valence electrons. The number of rotatable bonds is 2. The first-order chi connectivity index (χ1) is 12.0. The summed E-state index contributed by atoms with van der Waals surface area (Å²) in [6.45, 7) is 4.91. The van der Waals surface area contributed by atoms with Crippen LogP contribution in [0.2, 0.25) is 0 Å². The predicted molar refractivity (Wildman–Crippen MR) is 98.4 cm³/mol. The Kier molecular flexibility index (Phi) is 3.64. The maximum Gasteiger partial charge on any atom is 0.0624 e. The van der Waals surface area contributed by atoms with Gasteiger partial charge in [-0.05, 0) is 97.2 Å². The quantitative estimate of drug-likeness (QED) is 0.753. The van der Waals surface area contributed by atoms with Crippen molar-refractivity contribution in [2.24, 2.45) is 52.3 Å². The van der Waals surface area contributed by atoms with Crippen molar-refractivity contribution < 1.29 is 5.11 Å². The monoisotopic (exact) mass is 341 g/mol. The van der Waals surface area contributed by atoms with Crippen molar-refractivity contribution in [2.45, 2.75) is 84.2 Å². The van der Waals surface area contributed by atoms with Crippen molar-refractivity contribution in [3.8, 4) is 6.07 Å². The molecule has 10 atom stereocenters. The maximum atomic E-state index is 11.2. The van der Waals surface area contributed by atoms with Crippen LogP contribution in [-0.4, -0.2) is 11.2 Å². The summed E-state index contributed by atoms with van der Waals surface area (Å²) >= 11 is 0. The first-order valence-corrected chi connectivity index (χ1v) is 11.1. The zero-order valence-electron chi connectivity index (χ0n) is 16.1. The Morgan fingerprint density at radius 2 is 1.88 bits per heavy atom. The molecule has 0 aromatic carbocycles. The zero-order valence-corrected chi connectivity index (χ0v) is 16.1. The molecule has 0 radical (unpaired) electrons. The molecular formula is C23H35NO. The van der Waals surface area contributed by atoms with Crippen LogP contribution in [0.1, 0.15) is 78.1 Å². The van der Waals surface area contributed by atoms with Crippen molar-refractivity contribution in [3.05, 3.63) is 0 Å². The van der Waals surface area contributed by atoms with Crippen LogP contribution in [0.3, 0.4) is 0 Å². The SMILES string of the molecule is C[C@@H](CC#N)C1C2CCC3C4C(O)CC5CCCCC5(C)C4CCC321. The number of aliphatic hydroxyl groups is 1. The van der Waals surface area contributed by atoms with Gasteiger partial charge in [-0.3, -0.25) is 0 Å². The van der Waals surface area contributed by atoms with E-state index in [9.17, 15) is 10.4 Å². The largest absolute Gasteiger partial charge is 0.393 e. The minimum absolute atomic E-state index is 0.0466. The van der Waals surface area contributed by atoms with Crippen LogP contribution in [0.5, 0.6) is 0 Å². The molecule has 25 heavy (non-hydrogen) atoms. The van der Waals surface area contributed by atoms with Crippen LogP contribution in [0, 0.1) is 63.6 Å². The summed E-state index contributed by atoms with van der Waals surface area (Å²) in [7, 11) is 0. The van der Waals surface area contributed by atoms with Crippen LogP contribution in [0.15, 0.2) is 0 Å². The van der Waals surface area contributed by atoms with Gasteiger partial charge in [-0.1, -0.05) is 26.7 Å². The molecule has 5 aliphatic rings. The van der Waals surface area contributed by atoms with Gasteiger partial charge in [0.25, 0.3) is 0 Å². The number of nitriles is 1. The third kappa shape index (κ3) is 2.00. The summed E-state index contributed by atoms with van der Waals surface area (Å²) in [5, 5.41) is 20.4. The Hall–Kier alpha value is -0.550. The summed E-state index contributed by atoms with van der Waals surface area (Å²) in [4.78, 5) is 0. The predicted octanol–water partition coefficient (Wildman–Crippen LogP) is 5.17. The fraction of sp³-hybridized carbons (Fsp3) is 0.957. The average molecular weight is 342 g/mol. The number of nitrogens with zero attached hydrogens (tertiary/aromatic N) is 1. The molecule has 0 aromatic heterocycles. The lowest BCUT2D eigenvalue weighted by Gasteiger charge is -2.60. The van der Waals surface area contributed by atoms with Gasteiger partial charge in [0.05, 0.1) is 12.2 Å². The number of hydrogen-bond donors (Lipinski definition) is 1. The number of aliphatic hydroxyl groups excluding tert-OH is 1. The van der Waals surface area contributed by atoms with Crippen molar-refractivity contribution in [2.75, 3.05) is 0 Å². The van der Waals surface area contributed by atoms with Gasteiger partial charge in [-0.2, -0.15) is 5.26 Å². The molecule has 0 saturated heterocycles. The van der Waals surface area contributed by atoms with Gasteiger partial charge in [0, 0.05) is 6.42 Å². The molecule has 5 rings (SSSR count). The number of fused-ring (bicyclic) bond motifs is 4. The Balaban J connectivity index is 1.45. The minimum Gasteiger partial charge on any atom is -0.393 e. The van der Waals surface area contributed by atoms with Crippen molar-refractivity contribution in [1.82, 2.24) is 0 Å². The fourth-order valence-corrected chi connectivity index (χ4v) is 9.40. The van der Waals surface area contributed by atoms with E-state index in [0.717, 1.165) is 42.4 Å². The van der Waals surface area contributed by atoms with E-state index in [2.05, 4.69) is 19.9 Å². The lowest BCUT2D eigenvalue weighted by molar-refractivity contribution is -0.152. The topological polar surface area (TPSA) is 44.0 Å². The Labute approximate surface area is 153 Å². The Bertz CT molecular complexity index is 595. The Morgan fingerprint density at radius 1 is 1.08 bits per heavy atom. The number of hydrogen-bond acceptors (Lipinski definition) is 2. The summed E-state index contributed by atoms with van der Waals surface area (Å²) < 4.78 is 0. The van der Waals surface area contributed by atoms with Crippen molar-refractivity contribution in [1.29, 1.82) is 5.26 Å². The standard InChI is InChI=1S/C23H35NO/c1-14(9-12-24)21-18-7-6-17-20-16(8-11-23(17,18)21)22(2)10-4-3-5-15(22)13-19(20)25/h14-21,25H,3-11,13H2,1-2H3/t14-,15?,16?,17?,18?,19?,20?,21?,22?,23?/m0/s1. The summed E-state index contributed by atoms with van der Waals surface area (Å²) in [5.74, 6) is 5.10. The molecule has 0 bridgehead atoms. The minimum atomic E-state index is -0.0466. The highest BCUT2D eigenvalue weighted by Gasteiger charge is 2.75. The second kappa shape index (κ2) is 5.48. The first-order valence-electron chi connectivity index (χ1n) is 11.1. The summed E-state index contributed by atoms with van der Waals surface area (Å²) in [6, 6.07) is 2.43. The lowest BCUT2D eigenvalue weighted by Crippen LogP contribution is -2.56. The van der Waals surface area contributed by atoms with Crippen LogP contribution < -0.4 is 0 Å². The molecule has 1 spiro atoms. The van der Waals surface area contributed by atoms with Gasteiger partial charge in [0.15, 0.2) is 0 Å². The highest BCUT2D eigenvalue weighted by atomic mass is 16.3.